The normalized spacial score (nSPS) is 34.9. The van der Waals surface area contributed by atoms with Crippen molar-refractivity contribution in [1.82, 2.24) is 0 Å². The minimum absolute atomic E-state index is 0.0657. The molecule has 16 heavy (non-hydrogen) atoms. The Bertz CT molecular complexity index is 481. The Morgan fingerprint density at radius 2 is 2.38 bits per heavy atom. The number of Topliss-reactive ketones (excluding diaryl/α,β-unsaturated/α-hetero) is 1. The highest BCUT2D eigenvalue weighted by atomic mass is 16.5. The summed E-state index contributed by atoms with van der Waals surface area (Å²) < 4.78 is 5.40. The molecule has 82 valence electrons. The maximum atomic E-state index is 12.2. The van der Waals surface area contributed by atoms with Crippen molar-refractivity contribution in [3.63, 3.8) is 0 Å². The first-order chi connectivity index (χ1) is 7.74. The summed E-state index contributed by atoms with van der Waals surface area (Å²) in [5.74, 6) is 0.906. The Labute approximate surface area is 93.5 Å². The van der Waals surface area contributed by atoms with Crippen molar-refractivity contribution in [3.8, 4) is 0 Å². The van der Waals surface area contributed by atoms with Crippen LogP contribution in [0.1, 0.15) is 19.8 Å². The molecule has 0 aromatic carbocycles. The number of hydrogen-bond acceptors (Lipinski definition) is 3. The molecular weight excluding hydrogens is 204 g/mol. The van der Waals surface area contributed by atoms with Crippen molar-refractivity contribution < 1.29 is 14.3 Å². The molecule has 1 spiro atoms. The van der Waals surface area contributed by atoms with Gasteiger partial charge in [-0.3, -0.25) is 9.59 Å². The zero-order valence-electron chi connectivity index (χ0n) is 9.03. The molecule has 2 unspecified atom stereocenters. The van der Waals surface area contributed by atoms with Crippen LogP contribution in [0, 0.1) is 11.3 Å². The summed E-state index contributed by atoms with van der Waals surface area (Å²) in [7, 11) is 0. The predicted molar refractivity (Wildman–Crippen MR) is 57.2 cm³/mol. The largest absolute Gasteiger partial charge is 0.467 e. The Morgan fingerprint density at radius 1 is 1.56 bits per heavy atom. The zero-order valence-corrected chi connectivity index (χ0v) is 9.03. The van der Waals surface area contributed by atoms with Crippen LogP contribution in [0.2, 0.25) is 0 Å². The highest BCUT2D eigenvalue weighted by Gasteiger charge is 2.66. The van der Waals surface area contributed by atoms with E-state index in [1.165, 1.54) is 11.8 Å². The smallest absolute Gasteiger partial charge is 0.183 e. The van der Waals surface area contributed by atoms with Gasteiger partial charge in [-0.1, -0.05) is 18.6 Å². The summed E-state index contributed by atoms with van der Waals surface area (Å²) in [4.78, 5) is 22.9. The maximum Gasteiger partial charge on any atom is 0.183 e. The third-order valence-corrected chi connectivity index (χ3v) is 3.81. The molecule has 0 amide bonds. The van der Waals surface area contributed by atoms with E-state index in [2.05, 4.69) is 6.92 Å². The molecule has 3 nitrogen and oxygen atoms in total. The van der Waals surface area contributed by atoms with E-state index in [-0.39, 0.29) is 17.3 Å². The van der Waals surface area contributed by atoms with Crippen LogP contribution in [0.15, 0.2) is 35.3 Å². The average Bonchev–Trinajstić information content (AvgIpc) is 3.05. The Morgan fingerprint density at radius 3 is 3.06 bits per heavy atom. The van der Waals surface area contributed by atoms with Gasteiger partial charge in [0, 0.05) is 5.92 Å². The molecule has 0 N–H and O–H groups in total. The minimum Gasteiger partial charge on any atom is -0.467 e. The van der Waals surface area contributed by atoms with Gasteiger partial charge in [0.15, 0.2) is 12.1 Å². The second-order valence-corrected chi connectivity index (χ2v) is 4.49. The molecule has 1 saturated carbocycles. The lowest BCUT2D eigenvalue weighted by Crippen LogP contribution is -2.29. The van der Waals surface area contributed by atoms with Gasteiger partial charge >= 0.3 is 0 Å². The van der Waals surface area contributed by atoms with E-state index in [1.807, 2.05) is 12.2 Å². The van der Waals surface area contributed by atoms with E-state index >= 15 is 0 Å². The third kappa shape index (κ3) is 0.932. The number of hydrogen-bond donors (Lipinski definition) is 0. The predicted octanol–water partition coefficient (Wildman–Crippen LogP) is 1.91. The molecule has 3 rings (SSSR count). The maximum absolute atomic E-state index is 12.2. The van der Waals surface area contributed by atoms with E-state index in [0.717, 1.165) is 12.8 Å². The lowest BCUT2D eigenvalue weighted by Gasteiger charge is -2.26. The van der Waals surface area contributed by atoms with Crippen LogP contribution in [0.4, 0.5) is 0 Å². The SMILES string of the molecule is CCC1=CC=C2OC=C(C=O)C(=O)C23CC13. The van der Waals surface area contributed by atoms with Gasteiger partial charge in [0.25, 0.3) is 0 Å². The molecule has 0 aromatic heterocycles. The van der Waals surface area contributed by atoms with Crippen LogP contribution in [-0.2, 0) is 14.3 Å². The number of carbonyl (C=O) groups is 2. The van der Waals surface area contributed by atoms with Gasteiger partial charge in [-0.2, -0.15) is 0 Å². The molecule has 3 aliphatic rings. The summed E-state index contributed by atoms with van der Waals surface area (Å²) >= 11 is 0. The van der Waals surface area contributed by atoms with Crippen molar-refractivity contribution in [2.45, 2.75) is 19.8 Å². The van der Waals surface area contributed by atoms with Crippen molar-refractivity contribution in [2.24, 2.45) is 11.3 Å². The standard InChI is InChI=1S/C13H12O3/c1-2-8-3-4-11-13(5-10(8)13)12(15)9(6-14)7-16-11/h3-4,6-7,10H,2,5H2,1H3. The second-order valence-electron chi connectivity index (χ2n) is 4.49. The molecule has 0 aromatic rings. The lowest BCUT2D eigenvalue weighted by molar-refractivity contribution is -0.123. The summed E-state index contributed by atoms with van der Waals surface area (Å²) in [5, 5.41) is 0. The number of ketones is 1. The van der Waals surface area contributed by atoms with Gasteiger partial charge in [-0.15, -0.1) is 0 Å². The number of ether oxygens (including phenoxy) is 1. The van der Waals surface area contributed by atoms with Gasteiger partial charge < -0.3 is 4.74 Å². The van der Waals surface area contributed by atoms with Gasteiger partial charge in [-0.05, 0) is 18.9 Å². The fraction of sp³-hybridized carbons (Fsp3) is 0.385. The zero-order chi connectivity index (χ0) is 11.3. The fourth-order valence-corrected chi connectivity index (χ4v) is 2.82. The van der Waals surface area contributed by atoms with E-state index in [1.54, 1.807) is 0 Å². The van der Waals surface area contributed by atoms with Crippen LogP contribution < -0.4 is 0 Å². The Kier molecular flexibility index (Phi) is 1.76. The van der Waals surface area contributed by atoms with E-state index in [9.17, 15) is 9.59 Å². The number of allylic oxidation sites excluding steroid dienone is 5. The van der Waals surface area contributed by atoms with E-state index in [4.69, 9.17) is 4.74 Å². The molecule has 3 heteroatoms. The molecule has 1 aliphatic heterocycles. The highest BCUT2D eigenvalue weighted by molar-refractivity contribution is 6.17. The lowest BCUT2D eigenvalue weighted by atomic mass is 9.83. The quantitative estimate of drug-likeness (QED) is 0.523. The monoisotopic (exact) mass is 216 g/mol. The molecule has 2 aliphatic carbocycles. The first kappa shape index (κ1) is 9.58. The molecule has 1 fully saturated rings. The number of carbonyl (C=O) groups excluding carboxylic acids is 2. The molecular formula is C13H12O3. The Hall–Kier alpha value is -1.64. The molecule has 2 atom stereocenters. The van der Waals surface area contributed by atoms with Crippen LogP contribution in [0.3, 0.4) is 0 Å². The molecule has 0 saturated heterocycles. The van der Waals surface area contributed by atoms with Crippen molar-refractivity contribution in [2.75, 3.05) is 0 Å². The van der Waals surface area contributed by atoms with Crippen molar-refractivity contribution in [3.05, 3.63) is 35.3 Å². The topological polar surface area (TPSA) is 43.4 Å². The van der Waals surface area contributed by atoms with Crippen LogP contribution in [-0.4, -0.2) is 12.1 Å². The fourth-order valence-electron chi connectivity index (χ4n) is 2.82. The first-order valence-corrected chi connectivity index (χ1v) is 5.52. The van der Waals surface area contributed by atoms with Gasteiger partial charge in [0.2, 0.25) is 0 Å². The first-order valence-electron chi connectivity index (χ1n) is 5.52. The average molecular weight is 216 g/mol. The summed E-state index contributed by atoms with van der Waals surface area (Å²) in [6.07, 6.45) is 7.52. The molecule has 0 radical (unpaired) electrons. The van der Waals surface area contributed by atoms with Crippen LogP contribution in [0.25, 0.3) is 0 Å². The van der Waals surface area contributed by atoms with Crippen molar-refractivity contribution >= 4 is 12.1 Å². The summed E-state index contributed by atoms with van der Waals surface area (Å²) in [6.45, 7) is 2.08. The summed E-state index contributed by atoms with van der Waals surface area (Å²) in [6, 6.07) is 0. The highest BCUT2D eigenvalue weighted by Crippen LogP contribution is 2.66. The van der Waals surface area contributed by atoms with Crippen LogP contribution in [0.5, 0.6) is 0 Å². The molecule has 1 heterocycles. The van der Waals surface area contributed by atoms with Crippen molar-refractivity contribution in [1.29, 1.82) is 0 Å². The van der Waals surface area contributed by atoms with Gasteiger partial charge in [0.1, 0.15) is 12.0 Å². The summed E-state index contributed by atoms with van der Waals surface area (Å²) in [5.41, 5.74) is 0.926. The number of aldehydes is 1. The third-order valence-electron chi connectivity index (χ3n) is 3.81. The van der Waals surface area contributed by atoms with Gasteiger partial charge in [-0.25, -0.2) is 0 Å². The van der Waals surface area contributed by atoms with Crippen LogP contribution >= 0.6 is 0 Å². The minimum atomic E-state index is -0.523. The molecule has 0 bridgehead atoms. The second kappa shape index (κ2) is 2.94. The Balaban J connectivity index is 2.07. The van der Waals surface area contributed by atoms with E-state index in [0.29, 0.717) is 12.0 Å². The van der Waals surface area contributed by atoms with Gasteiger partial charge in [0.05, 0.1) is 11.0 Å². The van der Waals surface area contributed by atoms with E-state index < -0.39 is 5.41 Å². The number of rotatable bonds is 2.